The van der Waals surface area contributed by atoms with Crippen LogP contribution in [0.3, 0.4) is 0 Å². The number of anilines is 1. The van der Waals surface area contributed by atoms with Gasteiger partial charge in [-0.05, 0) is 20.8 Å². The van der Waals surface area contributed by atoms with Crippen molar-refractivity contribution < 1.29 is 9.53 Å². The molecule has 1 aliphatic rings. The van der Waals surface area contributed by atoms with Crippen LogP contribution in [-0.2, 0) is 4.74 Å². The third-order valence-electron chi connectivity index (χ3n) is 2.72. The highest BCUT2D eigenvalue weighted by Crippen LogP contribution is 2.14. The largest absolute Gasteiger partial charge is 0.444 e. The van der Waals surface area contributed by atoms with Crippen LogP contribution in [0, 0.1) is 0 Å². The van der Waals surface area contributed by atoms with Crippen LogP contribution >= 0.6 is 0 Å². The molecular formula is C12H19N5O2. The fourth-order valence-corrected chi connectivity index (χ4v) is 1.83. The van der Waals surface area contributed by atoms with Crippen molar-refractivity contribution in [1.29, 1.82) is 0 Å². The Hall–Kier alpha value is -1.92. The van der Waals surface area contributed by atoms with Gasteiger partial charge in [0.15, 0.2) is 5.82 Å². The Balaban J connectivity index is 1.88. The number of ether oxygens (including phenoxy) is 1. The average Bonchev–Trinajstić information content (AvgIpc) is 2.38. The molecule has 0 saturated carbocycles. The molecule has 0 aromatic carbocycles. The van der Waals surface area contributed by atoms with Crippen LogP contribution < -0.4 is 4.90 Å². The number of aromatic nitrogens is 3. The van der Waals surface area contributed by atoms with E-state index in [0.717, 1.165) is 5.82 Å². The summed E-state index contributed by atoms with van der Waals surface area (Å²) in [5.41, 5.74) is -0.455. The van der Waals surface area contributed by atoms with E-state index in [-0.39, 0.29) is 6.09 Å². The highest BCUT2D eigenvalue weighted by atomic mass is 16.6. The van der Waals surface area contributed by atoms with Crippen LogP contribution in [0.5, 0.6) is 0 Å². The number of carbonyl (C=O) groups is 1. The van der Waals surface area contributed by atoms with Crippen molar-refractivity contribution in [2.45, 2.75) is 26.4 Å². The van der Waals surface area contributed by atoms with Crippen molar-refractivity contribution in [3.63, 3.8) is 0 Å². The molecule has 0 N–H and O–H groups in total. The monoisotopic (exact) mass is 265 g/mol. The maximum Gasteiger partial charge on any atom is 0.410 e. The van der Waals surface area contributed by atoms with Crippen molar-refractivity contribution in [2.24, 2.45) is 0 Å². The summed E-state index contributed by atoms with van der Waals surface area (Å²) in [6.07, 6.45) is 2.82. The molecule has 2 rings (SSSR count). The quantitative estimate of drug-likeness (QED) is 0.752. The first-order valence-corrected chi connectivity index (χ1v) is 6.31. The second-order valence-corrected chi connectivity index (χ2v) is 5.42. The van der Waals surface area contributed by atoms with Gasteiger partial charge in [0.05, 0.1) is 6.20 Å². The lowest BCUT2D eigenvalue weighted by atomic mass is 10.2. The van der Waals surface area contributed by atoms with Gasteiger partial charge >= 0.3 is 6.09 Å². The Morgan fingerprint density at radius 3 is 2.47 bits per heavy atom. The average molecular weight is 265 g/mol. The minimum atomic E-state index is -0.455. The van der Waals surface area contributed by atoms with E-state index in [0.29, 0.717) is 26.2 Å². The first-order chi connectivity index (χ1) is 8.96. The topological polar surface area (TPSA) is 71.5 Å². The Bertz CT molecular complexity index is 423. The molecule has 1 fully saturated rings. The molecule has 1 aromatic heterocycles. The van der Waals surface area contributed by atoms with Gasteiger partial charge in [0.1, 0.15) is 11.9 Å². The van der Waals surface area contributed by atoms with E-state index in [1.54, 1.807) is 11.1 Å². The van der Waals surface area contributed by atoms with E-state index in [2.05, 4.69) is 20.1 Å². The third kappa shape index (κ3) is 3.77. The predicted molar refractivity (Wildman–Crippen MR) is 69.8 cm³/mol. The molecule has 0 bridgehead atoms. The van der Waals surface area contributed by atoms with E-state index >= 15 is 0 Å². The molecule has 104 valence electrons. The summed E-state index contributed by atoms with van der Waals surface area (Å²) >= 11 is 0. The summed E-state index contributed by atoms with van der Waals surface area (Å²) in [4.78, 5) is 19.6. The van der Waals surface area contributed by atoms with Gasteiger partial charge in [-0.1, -0.05) is 0 Å². The van der Waals surface area contributed by atoms with Crippen LogP contribution in [0.15, 0.2) is 12.5 Å². The third-order valence-corrected chi connectivity index (χ3v) is 2.72. The molecule has 0 unspecified atom stereocenters. The Kier molecular flexibility index (Phi) is 3.82. The maximum atomic E-state index is 11.9. The highest BCUT2D eigenvalue weighted by molar-refractivity contribution is 5.68. The van der Waals surface area contributed by atoms with Crippen molar-refractivity contribution in [2.75, 3.05) is 31.1 Å². The van der Waals surface area contributed by atoms with E-state index in [4.69, 9.17) is 4.74 Å². The number of carbonyl (C=O) groups excluding carboxylic acids is 1. The van der Waals surface area contributed by atoms with Crippen molar-refractivity contribution >= 4 is 11.9 Å². The van der Waals surface area contributed by atoms with Crippen LogP contribution in [0.1, 0.15) is 20.8 Å². The zero-order valence-electron chi connectivity index (χ0n) is 11.5. The van der Waals surface area contributed by atoms with Gasteiger partial charge in [0.25, 0.3) is 0 Å². The van der Waals surface area contributed by atoms with Gasteiger partial charge in [0.2, 0.25) is 0 Å². The number of hydrogen-bond acceptors (Lipinski definition) is 6. The van der Waals surface area contributed by atoms with Gasteiger partial charge in [0, 0.05) is 26.2 Å². The molecule has 0 atom stereocenters. The Labute approximate surface area is 112 Å². The summed E-state index contributed by atoms with van der Waals surface area (Å²) in [6, 6.07) is 0. The van der Waals surface area contributed by atoms with Crippen molar-refractivity contribution in [3.8, 4) is 0 Å². The lowest BCUT2D eigenvalue weighted by Crippen LogP contribution is -2.50. The lowest BCUT2D eigenvalue weighted by Gasteiger charge is -2.35. The normalized spacial score (nSPS) is 16.4. The molecule has 1 saturated heterocycles. The fourth-order valence-electron chi connectivity index (χ4n) is 1.83. The molecule has 19 heavy (non-hydrogen) atoms. The van der Waals surface area contributed by atoms with Gasteiger partial charge in [-0.15, -0.1) is 10.2 Å². The number of rotatable bonds is 1. The molecular weight excluding hydrogens is 246 g/mol. The second kappa shape index (κ2) is 5.38. The summed E-state index contributed by atoms with van der Waals surface area (Å²) in [5.74, 6) is 0.742. The number of amides is 1. The molecule has 1 aromatic rings. The Morgan fingerprint density at radius 2 is 1.95 bits per heavy atom. The van der Waals surface area contributed by atoms with Gasteiger partial charge in [-0.3, -0.25) is 0 Å². The van der Waals surface area contributed by atoms with Gasteiger partial charge < -0.3 is 14.5 Å². The molecule has 0 aliphatic carbocycles. The Morgan fingerprint density at radius 1 is 1.26 bits per heavy atom. The number of hydrogen-bond donors (Lipinski definition) is 0. The van der Waals surface area contributed by atoms with E-state index in [1.165, 1.54) is 6.33 Å². The van der Waals surface area contributed by atoms with Crippen molar-refractivity contribution in [3.05, 3.63) is 12.5 Å². The second-order valence-electron chi connectivity index (χ2n) is 5.42. The summed E-state index contributed by atoms with van der Waals surface area (Å²) in [6.45, 7) is 8.25. The number of nitrogens with zero attached hydrogens (tertiary/aromatic N) is 5. The SMILES string of the molecule is CC(C)(C)OC(=O)N1CCN(c2cncnn2)CC1. The predicted octanol–water partition coefficient (Wildman–Crippen LogP) is 0.929. The molecule has 0 radical (unpaired) electrons. The first-order valence-electron chi connectivity index (χ1n) is 6.31. The van der Waals surface area contributed by atoms with Crippen LogP contribution in [0.25, 0.3) is 0 Å². The smallest absolute Gasteiger partial charge is 0.410 e. The summed E-state index contributed by atoms with van der Waals surface area (Å²) in [5, 5.41) is 7.76. The molecule has 0 spiro atoms. The molecule has 2 heterocycles. The zero-order chi connectivity index (χ0) is 13.9. The molecule has 7 heteroatoms. The van der Waals surface area contributed by atoms with Crippen LogP contribution in [0.4, 0.5) is 10.6 Å². The minimum Gasteiger partial charge on any atom is -0.444 e. The first kappa shape index (κ1) is 13.5. The van der Waals surface area contributed by atoms with Crippen LogP contribution in [0.2, 0.25) is 0 Å². The number of piperazine rings is 1. The zero-order valence-corrected chi connectivity index (χ0v) is 11.5. The minimum absolute atomic E-state index is 0.260. The molecule has 7 nitrogen and oxygen atoms in total. The maximum absolute atomic E-state index is 11.9. The van der Waals surface area contributed by atoms with Gasteiger partial charge in [-0.2, -0.15) is 0 Å². The summed E-state index contributed by atoms with van der Waals surface area (Å²) < 4.78 is 5.35. The molecule has 1 aliphatic heterocycles. The molecule has 1 amide bonds. The summed E-state index contributed by atoms with van der Waals surface area (Å²) in [7, 11) is 0. The van der Waals surface area contributed by atoms with Gasteiger partial charge in [-0.25, -0.2) is 9.78 Å². The standard InChI is InChI=1S/C12H19N5O2/c1-12(2,3)19-11(18)17-6-4-16(5-7-17)10-8-13-9-14-15-10/h8-9H,4-7H2,1-3H3. The highest BCUT2D eigenvalue weighted by Gasteiger charge is 2.26. The lowest BCUT2D eigenvalue weighted by molar-refractivity contribution is 0.0240. The van der Waals surface area contributed by atoms with E-state index < -0.39 is 5.60 Å². The van der Waals surface area contributed by atoms with E-state index in [1.807, 2.05) is 20.8 Å². The van der Waals surface area contributed by atoms with Crippen molar-refractivity contribution in [1.82, 2.24) is 20.1 Å². The fraction of sp³-hybridized carbons (Fsp3) is 0.667. The van der Waals surface area contributed by atoms with E-state index in [9.17, 15) is 4.79 Å². The van der Waals surface area contributed by atoms with Crippen LogP contribution in [-0.4, -0.2) is 58.0 Å².